The smallest absolute Gasteiger partial charge is 0.289 e. The number of nitro groups is 1. The van der Waals surface area contributed by atoms with Crippen LogP contribution in [0, 0.1) is 21.4 Å². The van der Waals surface area contributed by atoms with Gasteiger partial charge in [0.15, 0.2) is 0 Å². The number of anilines is 1. The normalized spacial score (nSPS) is 14.0. The Bertz CT molecular complexity index is 506. The van der Waals surface area contributed by atoms with Crippen LogP contribution in [0.15, 0.2) is 18.2 Å². The molecule has 94 valence electrons. The molecular formula is C12H13N3O3. The quantitative estimate of drug-likeness (QED) is 0.627. The maximum absolute atomic E-state index is 10.9. The minimum Gasteiger partial charge on any atom is -0.395 e. The van der Waals surface area contributed by atoms with Gasteiger partial charge in [-0.05, 0) is 25.0 Å². The third-order valence-electron chi connectivity index (χ3n) is 2.96. The second kappa shape index (κ2) is 5.02. The van der Waals surface area contributed by atoms with E-state index in [1.807, 2.05) is 11.0 Å². The minimum absolute atomic E-state index is 0.00426. The largest absolute Gasteiger partial charge is 0.395 e. The lowest BCUT2D eigenvalue weighted by molar-refractivity contribution is -0.385. The Kier molecular flexibility index (Phi) is 3.44. The Balaban J connectivity index is 2.36. The molecule has 0 amide bonds. The van der Waals surface area contributed by atoms with Crippen molar-refractivity contribution in [3.05, 3.63) is 33.9 Å². The van der Waals surface area contributed by atoms with E-state index in [0.717, 1.165) is 12.8 Å². The molecule has 0 aliphatic heterocycles. The highest BCUT2D eigenvalue weighted by atomic mass is 16.6. The Morgan fingerprint density at radius 2 is 2.28 bits per heavy atom. The molecule has 1 aromatic rings. The monoisotopic (exact) mass is 247 g/mol. The van der Waals surface area contributed by atoms with E-state index in [9.17, 15) is 10.1 Å². The number of aliphatic hydroxyl groups is 1. The Morgan fingerprint density at radius 1 is 1.56 bits per heavy atom. The molecule has 0 atom stereocenters. The third-order valence-corrected chi connectivity index (χ3v) is 2.96. The van der Waals surface area contributed by atoms with E-state index in [0.29, 0.717) is 18.3 Å². The Hall–Kier alpha value is -2.13. The van der Waals surface area contributed by atoms with Gasteiger partial charge in [0, 0.05) is 24.3 Å². The molecule has 1 aliphatic carbocycles. The van der Waals surface area contributed by atoms with Gasteiger partial charge in [-0.25, -0.2) is 0 Å². The van der Waals surface area contributed by atoms with E-state index in [1.165, 1.54) is 12.1 Å². The number of hydrogen-bond donors (Lipinski definition) is 1. The fourth-order valence-electron chi connectivity index (χ4n) is 1.96. The lowest BCUT2D eigenvalue weighted by atomic mass is 10.1. The highest BCUT2D eigenvalue weighted by Gasteiger charge is 2.30. The molecular weight excluding hydrogens is 234 g/mol. The van der Waals surface area contributed by atoms with Crippen LogP contribution in [0.2, 0.25) is 0 Å². The van der Waals surface area contributed by atoms with E-state index in [2.05, 4.69) is 0 Å². The van der Waals surface area contributed by atoms with Crippen molar-refractivity contribution in [1.82, 2.24) is 0 Å². The molecule has 18 heavy (non-hydrogen) atoms. The van der Waals surface area contributed by atoms with Gasteiger partial charge in [0.2, 0.25) is 0 Å². The molecule has 0 aromatic heterocycles. The SMILES string of the molecule is N#Cc1ccc(N(CCO)C2CC2)cc1[N+](=O)[O-]. The first-order valence-corrected chi connectivity index (χ1v) is 5.73. The van der Waals surface area contributed by atoms with E-state index in [1.54, 1.807) is 6.07 Å². The lowest BCUT2D eigenvalue weighted by Crippen LogP contribution is -2.28. The average molecular weight is 247 g/mol. The summed E-state index contributed by atoms with van der Waals surface area (Å²) >= 11 is 0. The molecule has 6 nitrogen and oxygen atoms in total. The molecule has 0 unspecified atom stereocenters. The van der Waals surface area contributed by atoms with Crippen molar-refractivity contribution in [2.24, 2.45) is 0 Å². The molecule has 0 heterocycles. The number of rotatable bonds is 5. The first kappa shape index (κ1) is 12.3. The molecule has 1 N–H and O–H groups in total. The summed E-state index contributed by atoms with van der Waals surface area (Å²) in [5, 5.41) is 28.7. The van der Waals surface area contributed by atoms with Gasteiger partial charge >= 0.3 is 0 Å². The predicted octanol–water partition coefficient (Wildman–Crippen LogP) is 1.43. The van der Waals surface area contributed by atoms with Crippen molar-refractivity contribution in [3.63, 3.8) is 0 Å². The molecule has 1 saturated carbocycles. The highest BCUT2D eigenvalue weighted by molar-refractivity contribution is 5.61. The summed E-state index contributed by atoms with van der Waals surface area (Å²) in [5.74, 6) is 0. The highest BCUT2D eigenvalue weighted by Crippen LogP contribution is 2.33. The molecule has 0 spiro atoms. The zero-order chi connectivity index (χ0) is 13.1. The molecule has 6 heteroatoms. The summed E-state index contributed by atoms with van der Waals surface area (Å²) in [6.45, 7) is 0.456. The summed E-state index contributed by atoms with van der Waals surface area (Å²) < 4.78 is 0. The Morgan fingerprint density at radius 3 is 2.78 bits per heavy atom. The van der Waals surface area contributed by atoms with Crippen LogP contribution >= 0.6 is 0 Å². The van der Waals surface area contributed by atoms with Crippen LogP contribution in [0.1, 0.15) is 18.4 Å². The van der Waals surface area contributed by atoms with Crippen molar-refractivity contribution >= 4 is 11.4 Å². The summed E-state index contributed by atoms with van der Waals surface area (Å²) in [5.41, 5.74) is 0.569. The second-order valence-electron chi connectivity index (χ2n) is 4.22. The summed E-state index contributed by atoms with van der Waals surface area (Å²) in [4.78, 5) is 12.3. The second-order valence-corrected chi connectivity index (χ2v) is 4.22. The number of hydrogen-bond acceptors (Lipinski definition) is 5. The zero-order valence-corrected chi connectivity index (χ0v) is 9.74. The molecule has 0 saturated heterocycles. The molecule has 0 radical (unpaired) electrons. The van der Waals surface area contributed by atoms with E-state index < -0.39 is 4.92 Å². The minimum atomic E-state index is -0.550. The zero-order valence-electron chi connectivity index (χ0n) is 9.74. The third kappa shape index (κ3) is 2.41. The number of benzene rings is 1. The topological polar surface area (TPSA) is 90.4 Å². The van der Waals surface area contributed by atoms with Gasteiger partial charge < -0.3 is 10.0 Å². The van der Waals surface area contributed by atoms with Gasteiger partial charge in [-0.15, -0.1) is 0 Å². The number of aliphatic hydroxyl groups excluding tert-OH is 1. The van der Waals surface area contributed by atoms with Crippen LogP contribution in [0.3, 0.4) is 0 Å². The number of nitro benzene ring substituents is 1. The van der Waals surface area contributed by atoms with Crippen molar-refractivity contribution in [1.29, 1.82) is 5.26 Å². The van der Waals surface area contributed by atoms with E-state index in [-0.39, 0.29) is 17.9 Å². The first-order chi connectivity index (χ1) is 8.67. The molecule has 0 bridgehead atoms. The molecule has 1 aromatic carbocycles. The van der Waals surface area contributed by atoms with Crippen LogP contribution in [0.4, 0.5) is 11.4 Å². The summed E-state index contributed by atoms with van der Waals surface area (Å²) in [6, 6.07) is 6.72. The van der Waals surface area contributed by atoms with E-state index >= 15 is 0 Å². The van der Waals surface area contributed by atoms with Crippen molar-refractivity contribution in [3.8, 4) is 6.07 Å². The molecule has 1 fully saturated rings. The lowest BCUT2D eigenvalue weighted by Gasteiger charge is -2.23. The fraction of sp³-hybridized carbons (Fsp3) is 0.417. The maximum Gasteiger partial charge on any atom is 0.289 e. The summed E-state index contributed by atoms with van der Waals surface area (Å²) in [7, 11) is 0. The van der Waals surface area contributed by atoms with Gasteiger partial charge in [0.05, 0.1) is 11.5 Å². The average Bonchev–Trinajstić information content (AvgIpc) is 3.19. The predicted molar refractivity (Wildman–Crippen MR) is 65.3 cm³/mol. The van der Waals surface area contributed by atoms with Crippen LogP contribution < -0.4 is 4.90 Å². The van der Waals surface area contributed by atoms with Gasteiger partial charge in [-0.1, -0.05) is 0 Å². The standard InChI is InChI=1S/C12H13N3O3/c13-8-9-1-2-11(7-12(9)15(17)18)14(5-6-16)10-3-4-10/h1-2,7,10,16H,3-6H2. The first-order valence-electron chi connectivity index (χ1n) is 5.73. The fourth-order valence-corrected chi connectivity index (χ4v) is 1.96. The van der Waals surface area contributed by atoms with Gasteiger partial charge in [-0.3, -0.25) is 10.1 Å². The molecule has 1 aliphatic rings. The van der Waals surface area contributed by atoms with Crippen molar-refractivity contribution in [2.75, 3.05) is 18.1 Å². The molecule has 2 rings (SSSR count). The number of nitrogens with zero attached hydrogens (tertiary/aromatic N) is 3. The van der Waals surface area contributed by atoms with Gasteiger partial charge in [0.1, 0.15) is 11.6 Å². The van der Waals surface area contributed by atoms with Gasteiger partial charge in [-0.2, -0.15) is 5.26 Å². The van der Waals surface area contributed by atoms with Crippen LogP contribution in [0.25, 0.3) is 0 Å². The van der Waals surface area contributed by atoms with E-state index in [4.69, 9.17) is 10.4 Å². The van der Waals surface area contributed by atoms with Crippen molar-refractivity contribution in [2.45, 2.75) is 18.9 Å². The van der Waals surface area contributed by atoms with Crippen LogP contribution in [-0.2, 0) is 0 Å². The maximum atomic E-state index is 10.9. The van der Waals surface area contributed by atoms with Crippen LogP contribution in [0.5, 0.6) is 0 Å². The van der Waals surface area contributed by atoms with Crippen LogP contribution in [-0.4, -0.2) is 29.2 Å². The van der Waals surface area contributed by atoms with Crippen molar-refractivity contribution < 1.29 is 10.0 Å². The summed E-state index contributed by atoms with van der Waals surface area (Å²) in [6.07, 6.45) is 2.07. The Labute approximate surface area is 104 Å². The number of nitriles is 1. The van der Waals surface area contributed by atoms with Gasteiger partial charge in [0.25, 0.3) is 5.69 Å².